The molecule has 4 rings (SSSR count). The fourth-order valence-electron chi connectivity index (χ4n) is 3.42. The van der Waals surface area contributed by atoms with E-state index in [4.69, 9.17) is 11.6 Å². The molecule has 5 nitrogen and oxygen atoms in total. The first-order valence-electron chi connectivity index (χ1n) is 11.0. The topological polar surface area (TPSA) is 64.0 Å². The molecule has 1 atom stereocenters. The molecule has 0 spiro atoms. The van der Waals surface area contributed by atoms with Crippen molar-refractivity contribution in [2.45, 2.75) is 35.7 Å². The summed E-state index contributed by atoms with van der Waals surface area (Å²) in [5, 5.41) is 8.85. The van der Waals surface area contributed by atoms with Gasteiger partial charge in [0.2, 0.25) is 0 Å². The number of halogens is 1. The highest BCUT2D eigenvalue weighted by atomic mass is 35.5. The molecule has 0 aliphatic heterocycles. The minimum absolute atomic E-state index is 0.0400. The van der Waals surface area contributed by atoms with Crippen molar-refractivity contribution in [1.82, 2.24) is 15.1 Å². The van der Waals surface area contributed by atoms with E-state index in [-0.39, 0.29) is 17.5 Å². The lowest BCUT2D eigenvalue weighted by atomic mass is 10.1. The van der Waals surface area contributed by atoms with E-state index in [0.29, 0.717) is 21.3 Å². The van der Waals surface area contributed by atoms with Gasteiger partial charge in [-0.15, -0.1) is 0 Å². The highest BCUT2D eigenvalue weighted by Crippen LogP contribution is 2.26. The largest absolute Gasteiger partial charge is 0.350 e. The average Bonchev–Trinajstić information content (AvgIpc) is 2.86. The summed E-state index contributed by atoms with van der Waals surface area (Å²) in [5.41, 5.74) is 2.14. The summed E-state index contributed by atoms with van der Waals surface area (Å²) < 4.78 is 1.34. The molecular weight excluding hydrogens is 466 g/mol. The summed E-state index contributed by atoms with van der Waals surface area (Å²) in [5.74, 6) is -0.139. The number of nitrogens with one attached hydrogen (secondary N) is 1. The Labute approximate surface area is 207 Å². The third-order valence-electron chi connectivity index (χ3n) is 5.27. The molecule has 1 heterocycles. The lowest BCUT2D eigenvalue weighted by Crippen LogP contribution is -2.32. The van der Waals surface area contributed by atoms with Crippen molar-refractivity contribution in [2.75, 3.05) is 0 Å². The van der Waals surface area contributed by atoms with Crippen LogP contribution in [0.3, 0.4) is 0 Å². The number of hydrogen-bond donors (Lipinski definition) is 1. The first-order valence-corrected chi connectivity index (χ1v) is 12.2. The molecule has 0 aliphatic carbocycles. The van der Waals surface area contributed by atoms with Crippen LogP contribution in [0.15, 0.2) is 106 Å². The Bertz CT molecular complexity index is 1310. The molecule has 7 heteroatoms. The summed E-state index contributed by atoms with van der Waals surface area (Å²) >= 11 is 7.38. The van der Waals surface area contributed by atoms with Crippen molar-refractivity contribution in [3.05, 3.63) is 117 Å². The molecule has 0 unspecified atom stereocenters. The van der Waals surface area contributed by atoms with Crippen molar-refractivity contribution < 1.29 is 4.79 Å². The van der Waals surface area contributed by atoms with Crippen LogP contribution in [-0.4, -0.2) is 21.7 Å². The number of amides is 1. The molecule has 172 valence electrons. The maximum absolute atomic E-state index is 12.7. The van der Waals surface area contributed by atoms with Crippen molar-refractivity contribution in [1.29, 1.82) is 0 Å². The van der Waals surface area contributed by atoms with Gasteiger partial charge in [-0.05, 0) is 79.9 Å². The molecule has 1 amide bonds. The zero-order chi connectivity index (χ0) is 23.9. The molecule has 1 N–H and O–H groups in total. The molecule has 34 heavy (non-hydrogen) atoms. The summed E-state index contributed by atoms with van der Waals surface area (Å²) in [6.07, 6.45) is 1.76. The van der Waals surface area contributed by atoms with Crippen LogP contribution in [0.2, 0.25) is 5.02 Å². The van der Waals surface area contributed by atoms with E-state index in [1.807, 2.05) is 49.4 Å². The minimum atomic E-state index is -0.243. The molecule has 0 aliphatic rings. The monoisotopic (exact) mass is 489 g/mol. The Hall–Kier alpha value is -3.35. The van der Waals surface area contributed by atoms with Crippen LogP contribution in [0.5, 0.6) is 0 Å². The predicted octanol–water partition coefficient (Wildman–Crippen LogP) is 5.79. The van der Waals surface area contributed by atoms with Crippen LogP contribution in [0.4, 0.5) is 0 Å². The van der Waals surface area contributed by atoms with Crippen LogP contribution < -0.4 is 10.9 Å². The van der Waals surface area contributed by atoms with Gasteiger partial charge in [-0.2, -0.15) is 9.78 Å². The fourth-order valence-corrected chi connectivity index (χ4v) is 4.32. The predicted molar refractivity (Wildman–Crippen MR) is 137 cm³/mol. The standard InChI is InChI=1S/C27H24ClN3O2S/c1-19(7-8-20-5-3-2-4-6-20)29-27(33)21-9-13-23(14-10-21)31-26(32)18-17-25(30-31)34-24-15-11-22(28)12-16-24/h2-6,9-19H,7-8H2,1H3,(H,29,33)/t19-/m0/s1. The van der Waals surface area contributed by atoms with Crippen molar-refractivity contribution in [2.24, 2.45) is 0 Å². The van der Waals surface area contributed by atoms with Gasteiger partial charge in [0.1, 0.15) is 5.03 Å². The summed E-state index contributed by atoms with van der Waals surface area (Å²) in [7, 11) is 0. The second kappa shape index (κ2) is 11.2. The molecule has 1 aromatic heterocycles. The Morgan fingerprint density at radius 1 is 0.971 bits per heavy atom. The molecular formula is C27H24ClN3O2S. The maximum atomic E-state index is 12.7. The van der Waals surface area contributed by atoms with Crippen molar-refractivity contribution in [3.8, 4) is 5.69 Å². The fraction of sp³-hybridized carbons (Fsp3) is 0.148. The maximum Gasteiger partial charge on any atom is 0.271 e. The number of benzene rings is 3. The molecule has 0 radical (unpaired) electrons. The van der Waals surface area contributed by atoms with Crippen LogP contribution in [0.1, 0.15) is 29.3 Å². The average molecular weight is 490 g/mol. The SMILES string of the molecule is C[C@@H](CCc1ccccc1)NC(=O)c1ccc(-n2nc(Sc3ccc(Cl)cc3)ccc2=O)cc1. The van der Waals surface area contributed by atoms with E-state index in [1.54, 1.807) is 30.3 Å². The zero-order valence-corrected chi connectivity index (χ0v) is 20.2. The number of carbonyl (C=O) groups excluding carboxylic acids is 1. The highest BCUT2D eigenvalue weighted by Gasteiger charge is 2.11. The van der Waals surface area contributed by atoms with Gasteiger partial charge in [0, 0.05) is 27.6 Å². The first-order chi connectivity index (χ1) is 16.5. The second-order valence-corrected chi connectivity index (χ2v) is 9.45. The van der Waals surface area contributed by atoms with Crippen LogP contribution in [-0.2, 0) is 6.42 Å². The summed E-state index contributed by atoms with van der Waals surface area (Å²) in [4.78, 5) is 26.0. The Morgan fingerprint density at radius 2 is 1.68 bits per heavy atom. The molecule has 0 fully saturated rings. The number of carbonyl (C=O) groups is 1. The third kappa shape index (κ3) is 6.37. The van der Waals surface area contributed by atoms with Crippen LogP contribution in [0, 0.1) is 0 Å². The van der Waals surface area contributed by atoms with Gasteiger partial charge in [-0.25, -0.2) is 0 Å². The van der Waals surface area contributed by atoms with E-state index in [1.165, 1.54) is 28.1 Å². The number of aromatic nitrogens is 2. The smallest absolute Gasteiger partial charge is 0.271 e. The Balaban J connectivity index is 1.41. The van der Waals surface area contributed by atoms with Gasteiger partial charge in [0.25, 0.3) is 11.5 Å². The van der Waals surface area contributed by atoms with E-state index in [2.05, 4.69) is 22.5 Å². The number of nitrogens with zero attached hydrogens (tertiary/aromatic N) is 2. The lowest BCUT2D eigenvalue weighted by molar-refractivity contribution is 0.0938. The molecule has 0 bridgehead atoms. The van der Waals surface area contributed by atoms with Gasteiger partial charge < -0.3 is 5.32 Å². The quantitative estimate of drug-likeness (QED) is 0.340. The first kappa shape index (κ1) is 23.8. The van der Waals surface area contributed by atoms with Gasteiger partial charge in [0.15, 0.2) is 0 Å². The molecule has 0 saturated carbocycles. The molecule has 0 saturated heterocycles. The van der Waals surface area contributed by atoms with Crippen LogP contribution >= 0.6 is 23.4 Å². The Morgan fingerprint density at radius 3 is 2.38 bits per heavy atom. The van der Waals surface area contributed by atoms with E-state index < -0.39 is 0 Å². The van der Waals surface area contributed by atoms with Crippen molar-refractivity contribution in [3.63, 3.8) is 0 Å². The minimum Gasteiger partial charge on any atom is -0.350 e. The van der Waals surface area contributed by atoms with Gasteiger partial charge in [-0.3, -0.25) is 9.59 Å². The van der Waals surface area contributed by atoms with Crippen LogP contribution in [0.25, 0.3) is 5.69 Å². The lowest BCUT2D eigenvalue weighted by Gasteiger charge is -2.14. The normalized spacial score (nSPS) is 11.7. The Kier molecular flexibility index (Phi) is 7.83. The molecule has 4 aromatic rings. The zero-order valence-electron chi connectivity index (χ0n) is 18.6. The van der Waals surface area contributed by atoms with E-state index >= 15 is 0 Å². The van der Waals surface area contributed by atoms with Gasteiger partial charge in [-0.1, -0.05) is 53.7 Å². The number of aryl methyl sites for hydroxylation is 1. The van der Waals surface area contributed by atoms with Gasteiger partial charge in [0.05, 0.1) is 5.69 Å². The number of hydrogen-bond acceptors (Lipinski definition) is 4. The van der Waals surface area contributed by atoms with Crippen molar-refractivity contribution >= 4 is 29.3 Å². The second-order valence-electron chi connectivity index (χ2n) is 7.92. The highest BCUT2D eigenvalue weighted by molar-refractivity contribution is 7.99. The summed E-state index contributed by atoms with van der Waals surface area (Å²) in [6, 6.07) is 27.7. The van der Waals surface area contributed by atoms with E-state index in [0.717, 1.165) is 17.7 Å². The van der Waals surface area contributed by atoms with E-state index in [9.17, 15) is 9.59 Å². The molecule has 3 aromatic carbocycles. The number of rotatable bonds is 8. The summed E-state index contributed by atoms with van der Waals surface area (Å²) in [6.45, 7) is 2.00. The third-order valence-corrected chi connectivity index (χ3v) is 6.46. The van der Waals surface area contributed by atoms with Gasteiger partial charge >= 0.3 is 0 Å².